The van der Waals surface area contributed by atoms with Gasteiger partial charge in [-0.3, -0.25) is 4.90 Å². The number of rotatable bonds is 7. The van der Waals surface area contributed by atoms with E-state index in [-0.39, 0.29) is 36.3 Å². The molecule has 8 heteroatoms. The Kier molecular flexibility index (Phi) is 9.00. The molecule has 2 N–H and O–H groups in total. The van der Waals surface area contributed by atoms with Gasteiger partial charge in [0.05, 0.1) is 24.9 Å². The van der Waals surface area contributed by atoms with Crippen molar-refractivity contribution >= 4 is 11.8 Å². The summed E-state index contributed by atoms with van der Waals surface area (Å²) in [7, 11) is 1.67. The molecule has 3 aromatic carbocycles. The van der Waals surface area contributed by atoms with Crippen LogP contribution in [0.25, 0.3) is 0 Å². The lowest BCUT2D eigenvalue weighted by Crippen LogP contribution is -2.50. The van der Waals surface area contributed by atoms with Crippen molar-refractivity contribution in [1.29, 1.82) is 0 Å². The molecule has 0 bridgehead atoms. The van der Waals surface area contributed by atoms with Crippen LogP contribution in [0, 0.1) is 11.6 Å². The van der Waals surface area contributed by atoms with E-state index in [1.807, 2.05) is 45.0 Å². The Morgan fingerprint density at radius 3 is 2.03 bits per heavy atom. The second kappa shape index (κ2) is 12.2. The van der Waals surface area contributed by atoms with Crippen LogP contribution in [0.15, 0.2) is 72.8 Å². The largest absolute Gasteiger partial charge is 0.443 e. The van der Waals surface area contributed by atoms with Crippen LogP contribution in [0.5, 0.6) is 0 Å². The number of aliphatic hydroxyl groups excluding tert-OH is 1. The number of carbonyl (C=O) groups is 1. The molecule has 1 aliphatic rings. The summed E-state index contributed by atoms with van der Waals surface area (Å²) in [5.41, 5.74) is 2.80. The third kappa shape index (κ3) is 7.62. The predicted molar refractivity (Wildman–Crippen MR) is 147 cm³/mol. The number of aliphatic hydroxyl groups is 1. The van der Waals surface area contributed by atoms with Crippen LogP contribution in [0.1, 0.15) is 49.8 Å². The van der Waals surface area contributed by atoms with Crippen LogP contribution in [-0.2, 0) is 16.0 Å². The summed E-state index contributed by atoms with van der Waals surface area (Å²) in [6, 6.07) is 19.6. The number of benzene rings is 3. The zero-order valence-electron chi connectivity index (χ0n) is 22.7. The highest BCUT2D eigenvalue weighted by Gasteiger charge is 2.35. The van der Waals surface area contributed by atoms with E-state index in [9.17, 15) is 18.7 Å². The molecule has 1 fully saturated rings. The molecule has 1 amide bonds. The quantitative estimate of drug-likeness (QED) is 0.399. The molecule has 0 spiro atoms. The molecule has 6 nitrogen and oxygen atoms in total. The molecule has 0 aromatic heterocycles. The summed E-state index contributed by atoms with van der Waals surface area (Å²) < 4.78 is 38.8. The van der Waals surface area contributed by atoms with Crippen molar-refractivity contribution in [3.8, 4) is 0 Å². The molecular formula is C31H36F2N2O4. The maximum Gasteiger partial charge on any atom is 0.414 e. The van der Waals surface area contributed by atoms with Crippen molar-refractivity contribution in [2.24, 2.45) is 0 Å². The van der Waals surface area contributed by atoms with E-state index in [1.54, 1.807) is 31.3 Å². The van der Waals surface area contributed by atoms with E-state index in [0.29, 0.717) is 18.7 Å². The van der Waals surface area contributed by atoms with E-state index < -0.39 is 17.8 Å². The Hall–Kier alpha value is -3.33. The molecule has 3 aromatic rings. The highest BCUT2D eigenvalue weighted by molar-refractivity contribution is 5.87. The lowest BCUT2D eigenvalue weighted by molar-refractivity contribution is -0.0718. The Morgan fingerprint density at radius 2 is 1.54 bits per heavy atom. The van der Waals surface area contributed by atoms with Crippen LogP contribution in [0.4, 0.5) is 19.3 Å². The number of anilines is 1. The van der Waals surface area contributed by atoms with Gasteiger partial charge in [-0.2, -0.15) is 0 Å². The smallest absolute Gasteiger partial charge is 0.414 e. The predicted octanol–water partition coefficient (Wildman–Crippen LogP) is 5.78. The topological polar surface area (TPSA) is 71.0 Å². The van der Waals surface area contributed by atoms with Gasteiger partial charge in [0.15, 0.2) is 0 Å². The molecule has 0 aliphatic carbocycles. The average Bonchev–Trinajstić information content (AvgIpc) is 2.89. The monoisotopic (exact) mass is 538 g/mol. The van der Waals surface area contributed by atoms with Gasteiger partial charge in [-0.1, -0.05) is 36.4 Å². The summed E-state index contributed by atoms with van der Waals surface area (Å²) in [6.07, 6.45) is -1.11. The summed E-state index contributed by atoms with van der Waals surface area (Å²) in [5, 5.41) is 14.4. The van der Waals surface area contributed by atoms with E-state index in [2.05, 4.69) is 5.32 Å². The van der Waals surface area contributed by atoms with Crippen LogP contribution in [-0.4, -0.2) is 48.7 Å². The molecule has 0 radical (unpaired) electrons. The van der Waals surface area contributed by atoms with Crippen molar-refractivity contribution in [2.45, 2.75) is 63.5 Å². The van der Waals surface area contributed by atoms with E-state index in [4.69, 9.17) is 9.47 Å². The minimum Gasteiger partial charge on any atom is -0.443 e. The molecule has 3 unspecified atom stereocenters. The van der Waals surface area contributed by atoms with Gasteiger partial charge in [-0.15, -0.1) is 0 Å². The molecule has 0 saturated carbocycles. The van der Waals surface area contributed by atoms with E-state index in [1.165, 1.54) is 29.2 Å². The average molecular weight is 539 g/mol. The number of amides is 1. The van der Waals surface area contributed by atoms with Gasteiger partial charge in [0, 0.05) is 31.6 Å². The lowest BCUT2D eigenvalue weighted by atomic mass is 9.82. The summed E-state index contributed by atoms with van der Waals surface area (Å²) in [4.78, 5) is 13.8. The number of halogens is 2. The highest BCUT2D eigenvalue weighted by atomic mass is 19.1. The molecule has 3 atom stereocenters. The summed E-state index contributed by atoms with van der Waals surface area (Å²) in [5.74, 6) is -0.957. The SMILES string of the molecule is CN(C(=O)OC(C)(C)C)c1ccc(CNC2COC(C(c3ccc(F)cc3)c3ccc(F)cc3)CC2O)cc1. The van der Waals surface area contributed by atoms with Crippen molar-refractivity contribution in [2.75, 3.05) is 18.6 Å². The Labute approximate surface area is 228 Å². The van der Waals surface area contributed by atoms with Crippen molar-refractivity contribution < 1.29 is 28.2 Å². The minimum absolute atomic E-state index is 0.281. The molecular weight excluding hydrogens is 502 g/mol. The second-order valence-electron chi connectivity index (χ2n) is 10.9. The van der Waals surface area contributed by atoms with Gasteiger partial charge in [0.25, 0.3) is 0 Å². The number of nitrogens with zero attached hydrogens (tertiary/aromatic N) is 1. The Bertz CT molecular complexity index is 1180. The first-order valence-corrected chi connectivity index (χ1v) is 13.1. The number of ether oxygens (including phenoxy) is 2. The zero-order valence-corrected chi connectivity index (χ0v) is 22.7. The fourth-order valence-electron chi connectivity index (χ4n) is 4.72. The molecule has 1 saturated heterocycles. The fourth-order valence-corrected chi connectivity index (χ4v) is 4.72. The molecule has 1 aliphatic heterocycles. The van der Waals surface area contributed by atoms with Gasteiger partial charge in [0.1, 0.15) is 17.2 Å². The number of carbonyl (C=O) groups excluding carboxylic acids is 1. The van der Waals surface area contributed by atoms with Crippen LogP contribution in [0.3, 0.4) is 0 Å². The van der Waals surface area contributed by atoms with Crippen molar-refractivity contribution in [3.05, 3.63) is 101 Å². The highest BCUT2D eigenvalue weighted by Crippen LogP contribution is 2.35. The van der Waals surface area contributed by atoms with Crippen LogP contribution < -0.4 is 10.2 Å². The van der Waals surface area contributed by atoms with Crippen LogP contribution in [0.2, 0.25) is 0 Å². The third-order valence-electron chi connectivity index (χ3n) is 6.82. The number of hydrogen-bond acceptors (Lipinski definition) is 5. The van der Waals surface area contributed by atoms with Gasteiger partial charge in [-0.05, 0) is 73.9 Å². The number of hydrogen-bond donors (Lipinski definition) is 2. The molecule has 208 valence electrons. The first-order chi connectivity index (χ1) is 18.5. The van der Waals surface area contributed by atoms with Gasteiger partial charge in [-0.25, -0.2) is 13.6 Å². The third-order valence-corrected chi connectivity index (χ3v) is 6.82. The zero-order chi connectivity index (χ0) is 28.2. The summed E-state index contributed by atoms with van der Waals surface area (Å²) in [6.45, 7) is 6.26. The van der Waals surface area contributed by atoms with Gasteiger partial charge >= 0.3 is 6.09 Å². The van der Waals surface area contributed by atoms with Crippen molar-refractivity contribution in [1.82, 2.24) is 5.32 Å². The maximum atomic E-state index is 13.6. The Balaban J connectivity index is 1.37. The van der Waals surface area contributed by atoms with Crippen molar-refractivity contribution in [3.63, 3.8) is 0 Å². The maximum absolute atomic E-state index is 13.6. The first kappa shape index (κ1) is 28.7. The molecule has 39 heavy (non-hydrogen) atoms. The standard InChI is InChI=1S/C31H36F2N2O4/c1-31(2,3)39-30(37)35(4)25-15-5-20(6-16-25)18-34-26-19-38-28(17-27(26)36)29(21-7-11-23(32)12-8-21)22-9-13-24(33)14-10-22/h5-16,26-29,34,36H,17-19H2,1-4H3. The number of nitrogens with one attached hydrogen (secondary N) is 1. The normalized spacial score (nSPS) is 19.6. The Morgan fingerprint density at radius 1 is 1.00 bits per heavy atom. The van der Waals surface area contributed by atoms with Gasteiger partial charge in [0.2, 0.25) is 0 Å². The summed E-state index contributed by atoms with van der Waals surface area (Å²) >= 11 is 0. The first-order valence-electron chi connectivity index (χ1n) is 13.1. The van der Waals surface area contributed by atoms with Crippen LogP contribution >= 0.6 is 0 Å². The van der Waals surface area contributed by atoms with E-state index >= 15 is 0 Å². The van der Waals surface area contributed by atoms with E-state index in [0.717, 1.165) is 16.7 Å². The second-order valence-corrected chi connectivity index (χ2v) is 10.9. The molecule has 4 rings (SSSR count). The lowest BCUT2D eigenvalue weighted by Gasteiger charge is -2.38. The molecule has 1 heterocycles. The van der Waals surface area contributed by atoms with Gasteiger partial charge < -0.3 is 19.9 Å². The minimum atomic E-state index is -0.676. The fraction of sp³-hybridized carbons (Fsp3) is 0.387.